The first-order valence-corrected chi connectivity index (χ1v) is 6.41. The number of nitrogens with one attached hydrogen (secondary N) is 2. The van der Waals surface area contributed by atoms with Crippen LogP contribution in [0.4, 0.5) is 5.69 Å². The predicted octanol–water partition coefficient (Wildman–Crippen LogP) is 1.30. The van der Waals surface area contributed by atoms with Crippen molar-refractivity contribution in [3.05, 3.63) is 29.3 Å². The Labute approximate surface area is 104 Å². The van der Waals surface area contributed by atoms with E-state index in [1.165, 1.54) is 16.8 Å². The van der Waals surface area contributed by atoms with Gasteiger partial charge in [-0.1, -0.05) is 18.2 Å². The average molecular weight is 233 g/mol. The number of para-hydroxylation sites is 1. The summed E-state index contributed by atoms with van der Waals surface area (Å²) >= 11 is 0. The van der Waals surface area contributed by atoms with Gasteiger partial charge in [0, 0.05) is 37.9 Å². The van der Waals surface area contributed by atoms with Gasteiger partial charge in [0.25, 0.3) is 0 Å². The van der Waals surface area contributed by atoms with Crippen LogP contribution in [-0.4, -0.2) is 39.3 Å². The summed E-state index contributed by atoms with van der Waals surface area (Å²) in [6, 6.07) is 7.10. The SMILES string of the molecule is CNCC1CN(c2c(C)cccc2C)CCN1. The fraction of sp³-hybridized carbons (Fsp3) is 0.571. The quantitative estimate of drug-likeness (QED) is 0.824. The van der Waals surface area contributed by atoms with E-state index >= 15 is 0 Å². The van der Waals surface area contributed by atoms with Crippen LogP contribution < -0.4 is 15.5 Å². The number of rotatable bonds is 3. The lowest BCUT2D eigenvalue weighted by atomic mass is 10.1. The molecule has 94 valence electrons. The molecule has 17 heavy (non-hydrogen) atoms. The Kier molecular flexibility index (Phi) is 4.02. The summed E-state index contributed by atoms with van der Waals surface area (Å²) in [6.07, 6.45) is 0. The maximum Gasteiger partial charge on any atom is 0.0426 e. The number of hydrogen-bond donors (Lipinski definition) is 2. The third-order valence-corrected chi connectivity index (χ3v) is 3.46. The predicted molar refractivity (Wildman–Crippen MR) is 73.8 cm³/mol. The van der Waals surface area contributed by atoms with Crippen molar-refractivity contribution < 1.29 is 0 Å². The molecule has 0 amide bonds. The standard InChI is InChI=1S/C14H23N3/c1-11-5-4-6-12(2)14(11)17-8-7-16-13(10-17)9-15-3/h4-6,13,15-16H,7-10H2,1-3H3. The molecule has 1 aliphatic rings. The largest absolute Gasteiger partial charge is 0.368 e. The molecule has 0 bridgehead atoms. The van der Waals surface area contributed by atoms with Crippen molar-refractivity contribution >= 4 is 5.69 Å². The van der Waals surface area contributed by atoms with Crippen molar-refractivity contribution in [1.29, 1.82) is 0 Å². The molecule has 1 unspecified atom stereocenters. The molecular formula is C14H23N3. The Morgan fingerprint density at radius 3 is 2.71 bits per heavy atom. The molecular weight excluding hydrogens is 210 g/mol. The van der Waals surface area contributed by atoms with Crippen LogP contribution in [0.2, 0.25) is 0 Å². The summed E-state index contributed by atoms with van der Waals surface area (Å²) in [5.41, 5.74) is 4.19. The second-order valence-electron chi connectivity index (χ2n) is 4.90. The molecule has 0 radical (unpaired) electrons. The third kappa shape index (κ3) is 2.79. The second kappa shape index (κ2) is 5.52. The lowest BCUT2D eigenvalue weighted by Crippen LogP contribution is -2.54. The number of aryl methyl sites for hydroxylation is 2. The number of anilines is 1. The summed E-state index contributed by atoms with van der Waals surface area (Å²) < 4.78 is 0. The van der Waals surface area contributed by atoms with Gasteiger partial charge in [-0.25, -0.2) is 0 Å². The van der Waals surface area contributed by atoms with Crippen molar-refractivity contribution in [2.75, 3.05) is 38.1 Å². The molecule has 2 N–H and O–H groups in total. The van der Waals surface area contributed by atoms with Crippen molar-refractivity contribution in [2.24, 2.45) is 0 Å². The van der Waals surface area contributed by atoms with Gasteiger partial charge in [0.05, 0.1) is 0 Å². The van der Waals surface area contributed by atoms with Crippen LogP contribution >= 0.6 is 0 Å². The minimum Gasteiger partial charge on any atom is -0.368 e. The zero-order valence-corrected chi connectivity index (χ0v) is 11.1. The van der Waals surface area contributed by atoms with Crippen LogP contribution in [0.1, 0.15) is 11.1 Å². The highest BCUT2D eigenvalue weighted by molar-refractivity contribution is 5.59. The molecule has 2 rings (SSSR count). The summed E-state index contributed by atoms with van der Waals surface area (Å²) in [6.45, 7) is 8.70. The van der Waals surface area contributed by atoms with E-state index in [1.807, 2.05) is 7.05 Å². The normalized spacial score (nSPS) is 20.6. The molecule has 0 aromatic heterocycles. The molecule has 0 saturated carbocycles. The third-order valence-electron chi connectivity index (χ3n) is 3.46. The summed E-state index contributed by atoms with van der Waals surface area (Å²) in [7, 11) is 2.01. The van der Waals surface area contributed by atoms with Gasteiger partial charge in [0.2, 0.25) is 0 Å². The molecule has 3 nitrogen and oxygen atoms in total. The van der Waals surface area contributed by atoms with E-state index < -0.39 is 0 Å². The van der Waals surface area contributed by atoms with Crippen molar-refractivity contribution in [2.45, 2.75) is 19.9 Å². The molecule has 1 atom stereocenters. The number of benzene rings is 1. The first kappa shape index (κ1) is 12.4. The van der Waals surface area contributed by atoms with E-state index in [4.69, 9.17) is 0 Å². The van der Waals surface area contributed by atoms with Crippen molar-refractivity contribution in [3.8, 4) is 0 Å². The van der Waals surface area contributed by atoms with Crippen LogP contribution in [0.3, 0.4) is 0 Å². The van der Waals surface area contributed by atoms with Gasteiger partial charge >= 0.3 is 0 Å². The molecule has 0 spiro atoms. The molecule has 1 saturated heterocycles. The number of likely N-dealkylation sites (N-methyl/N-ethyl adjacent to an activating group) is 1. The Bertz CT molecular complexity index is 353. The van der Waals surface area contributed by atoms with Gasteiger partial charge in [-0.2, -0.15) is 0 Å². The maximum absolute atomic E-state index is 3.55. The van der Waals surface area contributed by atoms with Gasteiger partial charge in [-0.15, -0.1) is 0 Å². The van der Waals surface area contributed by atoms with Gasteiger partial charge in [-0.3, -0.25) is 0 Å². The molecule has 1 aromatic rings. The number of hydrogen-bond acceptors (Lipinski definition) is 3. The fourth-order valence-electron chi connectivity index (χ4n) is 2.72. The van der Waals surface area contributed by atoms with Gasteiger partial charge in [-0.05, 0) is 32.0 Å². The van der Waals surface area contributed by atoms with Gasteiger partial charge < -0.3 is 15.5 Å². The Balaban J connectivity index is 2.16. The van der Waals surface area contributed by atoms with Crippen molar-refractivity contribution in [1.82, 2.24) is 10.6 Å². The second-order valence-corrected chi connectivity index (χ2v) is 4.90. The zero-order valence-electron chi connectivity index (χ0n) is 11.1. The summed E-state index contributed by atoms with van der Waals surface area (Å²) in [5, 5.41) is 6.80. The smallest absolute Gasteiger partial charge is 0.0426 e. The van der Waals surface area contributed by atoms with E-state index in [9.17, 15) is 0 Å². The Morgan fingerprint density at radius 2 is 2.06 bits per heavy atom. The van der Waals surface area contributed by atoms with Gasteiger partial charge in [0.15, 0.2) is 0 Å². The van der Waals surface area contributed by atoms with E-state index in [1.54, 1.807) is 0 Å². The van der Waals surface area contributed by atoms with Crippen LogP contribution in [0.25, 0.3) is 0 Å². The lowest BCUT2D eigenvalue weighted by Gasteiger charge is -2.37. The van der Waals surface area contributed by atoms with E-state index in [-0.39, 0.29) is 0 Å². The Morgan fingerprint density at radius 1 is 1.35 bits per heavy atom. The summed E-state index contributed by atoms with van der Waals surface area (Å²) in [5.74, 6) is 0. The molecule has 1 heterocycles. The minimum absolute atomic E-state index is 0.549. The number of nitrogens with zero attached hydrogens (tertiary/aromatic N) is 1. The van der Waals surface area contributed by atoms with E-state index in [0.717, 1.165) is 26.2 Å². The molecule has 0 aliphatic carbocycles. The highest BCUT2D eigenvalue weighted by Crippen LogP contribution is 2.25. The monoisotopic (exact) mass is 233 g/mol. The van der Waals surface area contributed by atoms with Crippen LogP contribution in [0, 0.1) is 13.8 Å². The Hall–Kier alpha value is -1.06. The van der Waals surface area contributed by atoms with Crippen molar-refractivity contribution in [3.63, 3.8) is 0 Å². The van der Waals surface area contributed by atoms with Crippen LogP contribution in [0.5, 0.6) is 0 Å². The zero-order chi connectivity index (χ0) is 12.3. The molecule has 1 aromatic carbocycles. The first-order valence-electron chi connectivity index (χ1n) is 6.41. The summed E-state index contributed by atoms with van der Waals surface area (Å²) in [4.78, 5) is 2.52. The highest BCUT2D eigenvalue weighted by Gasteiger charge is 2.20. The van der Waals surface area contributed by atoms with Gasteiger partial charge in [0.1, 0.15) is 0 Å². The minimum atomic E-state index is 0.549. The maximum atomic E-state index is 3.55. The van der Waals surface area contributed by atoms with Crippen LogP contribution in [-0.2, 0) is 0 Å². The van der Waals surface area contributed by atoms with Crippen LogP contribution in [0.15, 0.2) is 18.2 Å². The highest BCUT2D eigenvalue weighted by atomic mass is 15.2. The number of piperazine rings is 1. The lowest BCUT2D eigenvalue weighted by molar-refractivity contribution is 0.443. The van der Waals surface area contributed by atoms with E-state index in [0.29, 0.717) is 6.04 Å². The topological polar surface area (TPSA) is 27.3 Å². The first-order chi connectivity index (χ1) is 8.22. The average Bonchev–Trinajstić information content (AvgIpc) is 2.30. The molecule has 3 heteroatoms. The molecule has 1 aliphatic heterocycles. The fourth-order valence-corrected chi connectivity index (χ4v) is 2.72. The van der Waals surface area contributed by atoms with E-state index in [2.05, 4.69) is 47.6 Å². The molecule has 1 fully saturated rings.